The van der Waals surface area contributed by atoms with Crippen LogP contribution in [0.1, 0.15) is 0 Å². The molecule has 5 heteroatoms. The number of urea groups is 1. The van der Waals surface area contributed by atoms with E-state index in [1.807, 2.05) is 29.2 Å². The number of hydrogen-bond donors (Lipinski definition) is 1. The molecule has 0 spiro atoms. The maximum atomic E-state index is 12.0. The van der Waals surface area contributed by atoms with Crippen LogP contribution in [0.2, 0.25) is 0 Å². The molecule has 0 saturated carbocycles. The molecule has 1 aromatic rings. The van der Waals surface area contributed by atoms with Crippen LogP contribution < -0.4 is 5.32 Å². The molecule has 1 aromatic carbocycles. The molecule has 0 aromatic heterocycles. The first-order chi connectivity index (χ1) is 8.16. The van der Waals surface area contributed by atoms with Gasteiger partial charge in [0, 0.05) is 29.7 Å². The Morgan fingerprint density at radius 2 is 1.88 bits per heavy atom. The number of carbonyl (C=O) groups is 1. The monoisotopic (exact) mass is 345 g/mol. The summed E-state index contributed by atoms with van der Waals surface area (Å²) in [5, 5.41) is 2.96. The second kappa shape index (κ2) is 5.68. The minimum absolute atomic E-state index is 0.00205. The Balaban J connectivity index is 1.95. The topological polar surface area (TPSA) is 35.6 Å². The van der Waals surface area contributed by atoms with Crippen molar-refractivity contribution in [3.8, 4) is 0 Å². The smallest absolute Gasteiger partial charge is 0.321 e. The van der Waals surface area contributed by atoms with Gasteiger partial charge in [-0.3, -0.25) is 0 Å². The van der Waals surface area contributed by atoms with Gasteiger partial charge in [0.1, 0.15) is 0 Å². The standard InChI is InChI=1S/C12H16IN3O/c1-15-6-8-16(9-7-15)12(17)14-11-5-3-2-4-10(11)13/h2-5H,6-9H2,1H3,(H,14,17). The number of halogens is 1. The summed E-state index contributed by atoms with van der Waals surface area (Å²) in [4.78, 5) is 16.1. The first-order valence-electron chi connectivity index (χ1n) is 5.66. The number of para-hydroxylation sites is 1. The van der Waals surface area contributed by atoms with E-state index in [2.05, 4.69) is 39.9 Å². The molecular weight excluding hydrogens is 329 g/mol. The van der Waals surface area contributed by atoms with Crippen LogP contribution in [0.15, 0.2) is 24.3 Å². The third-order valence-corrected chi connectivity index (χ3v) is 3.85. The highest BCUT2D eigenvalue weighted by Gasteiger charge is 2.19. The van der Waals surface area contributed by atoms with Crippen molar-refractivity contribution in [3.05, 3.63) is 27.8 Å². The lowest BCUT2D eigenvalue weighted by atomic mass is 10.3. The van der Waals surface area contributed by atoms with E-state index < -0.39 is 0 Å². The van der Waals surface area contributed by atoms with Gasteiger partial charge in [-0.2, -0.15) is 0 Å². The van der Waals surface area contributed by atoms with Gasteiger partial charge in [-0.1, -0.05) is 12.1 Å². The van der Waals surface area contributed by atoms with E-state index in [9.17, 15) is 4.79 Å². The number of likely N-dealkylation sites (N-methyl/N-ethyl adjacent to an activating group) is 1. The number of carbonyl (C=O) groups excluding carboxylic acids is 1. The average molecular weight is 345 g/mol. The van der Waals surface area contributed by atoms with Crippen molar-refractivity contribution < 1.29 is 4.79 Å². The van der Waals surface area contributed by atoms with Gasteiger partial charge in [-0.05, 0) is 41.8 Å². The zero-order chi connectivity index (χ0) is 12.3. The first kappa shape index (κ1) is 12.6. The molecule has 1 fully saturated rings. The summed E-state index contributed by atoms with van der Waals surface area (Å²) < 4.78 is 1.06. The molecule has 0 bridgehead atoms. The predicted molar refractivity (Wildman–Crippen MR) is 77.2 cm³/mol. The van der Waals surface area contributed by atoms with Gasteiger partial charge in [0.05, 0.1) is 5.69 Å². The van der Waals surface area contributed by atoms with Crippen molar-refractivity contribution in [2.45, 2.75) is 0 Å². The second-order valence-corrected chi connectivity index (χ2v) is 5.36. The van der Waals surface area contributed by atoms with Crippen molar-refractivity contribution in [1.82, 2.24) is 9.80 Å². The number of amides is 2. The molecule has 4 nitrogen and oxygen atoms in total. The Bertz CT molecular complexity index is 402. The molecule has 92 valence electrons. The predicted octanol–water partition coefficient (Wildman–Crippen LogP) is 2.07. The summed E-state index contributed by atoms with van der Waals surface area (Å²) >= 11 is 2.23. The highest BCUT2D eigenvalue weighted by molar-refractivity contribution is 14.1. The zero-order valence-corrected chi connectivity index (χ0v) is 12.0. The molecule has 1 heterocycles. The van der Waals surface area contributed by atoms with E-state index in [-0.39, 0.29) is 6.03 Å². The molecule has 17 heavy (non-hydrogen) atoms. The highest BCUT2D eigenvalue weighted by Crippen LogP contribution is 2.17. The van der Waals surface area contributed by atoms with Crippen LogP contribution in [-0.4, -0.2) is 49.1 Å². The van der Waals surface area contributed by atoms with Gasteiger partial charge >= 0.3 is 6.03 Å². The maximum absolute atomic E-state index is 12.0. The average Bonchev–Trinajstić information content (AvgIpc) is 2.33. The summed E-state index contributed by atoms with van der Waals surface area (Å²) in [6.07, 6.45) is 0. The van der Waals surface area contributed by atoms with E-state index >= 15 is 0 Å². The third-order valence-electron chi connectivity index (χ3n) is 2.91. The van der Waals surface area contributed by atoms with Crippen molar-refractivity contribution in [2.75, 3.05) is 38.5 Å². The van der Waals surface area contributed by atoms with Crippen molar-refractivity contribution in [3.63, 3.8) is 0 Å². The number of nitrogens with one attached hydrogen (secondary N) is 1. The Kier molecular flexibility index (Phi) is 4.22. The Hall–Kier alpha value is -0.820. The number of piperazine rings is 1. The molecule has 1 N–H and O–H groups in total. The summed E-state index contributed by atoms with van der Waals surface area (Å²) in [7, 11) is 2.08. The lowest BCUT2D eigenvalue weighted by Crippen LogP contribution is -2.48. The van der Waals surface area contributed by atoms with Crippen LogP contribution in [0, 0.1) is 3.57 Å². The van der Waals surface area contributed by atoms with Crippen LogP contribution in [0.25, 0.3) is 0 Å². The summed E-state index contributed by atoms with van der Waals surface area (Å²) in [5.74, 6) is 0. The van der Waals surface area contributed by atoms with Crippen LogP contribution in [-0.2, 0) is 0 Å². The minimum atomic E-state index is 0.00205. The fourth-order valence-electron chi connectivity index (χ4n) is 1.77. The minimum Gasteiger partial charge on any atom is -0.322 e. The first-order valence-corrected chi connectivity index (χ1v) is 6.73. The van der Waals surface area contributed by atoms with Gasteiger partial charge in [0.25, 0.3) is 0 Å². The zero-order valence-electron chi connectivity index (χ0n) is 9.82. The number of hydrogen-bond acceptors (Lipinski definition) is 2. The largest absolute Gasteiger partial charge is 0.322 e. The molecule has 2 amide bonds. The van der Waals surface area contributed by atoms with E-state index in [1.54, 1.807) is 0 Å². The number of nitrogens with zero attached hydrogens (tertiary/aromatic N) is 2. The van der Waals surface area contributed by atoms with Gasteiger partial charge in [0.15, 0.2) is 0 Å². The quantitative estimate of drug-likeness (QED) is 0.791. The van der Waals surface area contributed by atoms with E-state index in [0.717, 1.165) is 35.4 Å². The van der Waals surface area contributed by atoms with E-state index in [4.69, 9.17) is 0 Å². The lowest BCUT2D eigenvalue weighted by molar-refractivity contribution is 0.164. The van der Waals surface area contributed by atoms with E-state index in [1.165, 1.54) is 0 Å². The molecule has 0 aliphatic carbocycles. The van der Waals surface area contributed by atoms with Gasteiger partial charge in [-0.25, -0.2) is 4.79 Å². The summed E-state index contributed by atoms with van der Waals surface area (Å²) in [6.45, 7) is 3.48. The van der Waals surface area contributed by atoms with Crippen molar-refractivity contribution >= 4 is 34.3 Å². The maximum Gasteiger partial charge on any atom is 0.321 e. The summed E-state index contributed by atoms with van der Waals surface area (Å²) in [5.41, 5.74) is 0.886. The SMILES string of the molecule is CN1CCN(C(=O)Nc2ccccc2I)CC1. The van der Waals surface area contributed by atoms with Crippen LogP contribution in [0.3, 0.4) is 0 Å². The number of benzene rings is 1. The molecule has 1 aliphatic rings. The molecule has 2 rings (SSSR count). The van der Waals surface area contributed by atoms with Crippen molar-refractivity contribution in [1.29, 1.82) is 0 Å². The number of rotatable bonds is 1. The molecule has 0 radical (unpaired) electrons. The Morgan fingerprint density at radius 3 is 2.53 bits per heavy atom. The Labute approximate surface area is 115 Å². The van der Waals surface area contributed by atoms with E-state index in [0.29, 0.717) is 0 Å². The fraction of sp³-hybridized carbons (Fsp3) is 0.417. The molecule has 1 aliphatic heterocycles. The lowest BCUT2D eigenvalue weighted by Gasteiger charge is -2.32. The van der Waals surface area contributed by atoms with Crippen LogP contribution in [0.4, 0.5) is 10.5 Å². The van der Waals surface area contributed by atoms with Gasteiger partial charge < -0.3 is 15.1 Å². The normalized spacial score (nSPS) is 16.9. The number of anilines is 1. The second-order valence-electron chi connectivity index (χ2n) is 4.20. The Morgan fingerprint density at radius 1 is 1.24 bits per heavy atom. The van der Waals surface area contributed by atoms with Crippen molar-refractivity contribution in [2.24, 2.45) is 0 Å². The molecular formula is C12H16IN3O. The molecule has 0 atom stereocenters. The summed E-state index contributed by atoms with van der Waals surface area (Å²) in [6, 6.07) is 7.81. The molecule has 1 saturated heterocycles. The third kappa shape index (κ3) is 3.32. The van der Waals surface area contributed by atoms with Crippen LogP contribution >= 0.6 is 22.6 Å². The fourth-order valence-corrected chi connectivity index (χ4v) is 2.29. The van der Waals surface area contributed by atoms with Crippen LogP contribution in [0.5, 0.6) is 0 Å². The van der Waals surface area contributed by atoms with Gasteiger partial charge in [0.2, 0.25) is 0 Å². The van der Waals surface area contributed by atoms with Gasteiger partial charge in [-0.15, -0.1) is 0 Å². The highest BCUT2D eigenvalue weighted by atomic mass is 127. The molecule has 0 unspecified atom stereocenters.